The number of carbonyl (C=O) groups is 4. The number of amides is 2. The van der Waals surface area contributed by atoms with E-state index >= 15 is 0 Å². The number of ether oxygens (including phenoxy) is 3. The molecule has 0 spiro atoms. The number of hydrogen-bond acceptors (Lipinski definition) is 13. The molecule has 0 unspecified atom stereocenters. The first-order valence-corrected chi connectivity index (χ1v) is 33.2. The summed E-state index contributed by atoms with van der Waals surface area (Å²) in [6.45, 7) is 20.2. The number of carbonyl (C=O) groups excluding carboxylic acids is 3. The number of carboxylic acids is 1. The number of benzene rings is 4. The smallest absolute Gasteiger partial charge is 0.308 e. The van der Waals surface area contributed by atoms with E-state index in [0.29, 0.717) is 37.1 Å². The lowest BCUT2D eigenvalue weighted by atomic mass is 9.86. The quantitative estimate of drug-likeness (QED) is 0.0400. The van der Waals surface area contributed by atoms with Gasteiger partial charge in [0.15, 0.2) is 5.79 Å². The van der Waals surface area contributed by atoms with Crippen molar-refractivity contribution in [1.29, 1.82) is 0 Å². The number of aliphatic hydroxyl groups excluding tert-OH is 2. The zero-order valence-corrected chi connectivity index (χ0v) is 57.5. The summed E-state index contributed by atoms with van der Waals surface area (Å²) in [5.41, 5.74) is 15.7. The third kappa shape index (κ3) is 19.9. The van der Waals surface area contributed by atoms with Gasteiger partial charge in [0, 0.05) is 72.4 Å². The minimum Gasteiger partial charge on any atom is -0.481 e. The lowest BCUT2D eigenvalue weighted by Gasteiger charge is -2.40. The minimum absolute atomic E-state index is 0.0117. The Morgan fingerprint density at radius 3 is 1.58 bits per heavy atom. The van der Waals surface area contributed by atoms with Crippen LogP contribution in [0.3, 0.4) is 0 Å². The van der Waals surface area contributed by atoms with Gasteiger partial charge in [-0.15, -0.1) is 0 Å². The second-order valence-electron chi connectivity index (χ2n) is 27.7. The van der Waals surface area contributed by atoms with E-state index in [2.05, 4.69) is 30.6 Å². The van der Waals surface area contributed by atoms with Crippen LogP contribution < -0.4 is 10.6 Å². The fraction of sp³-hybridized carbons (Fsp3) is 0.455. The molecule has 16 nitrogen and oxygen atoms in total. The van der Waals surface area contributed by atoms with Crippen LogP contribution in [0.25, 0.3) is 56.9 Å². The van der Waals surface area contributed by atoms with Gasteiger partial charge >= 0.3 is 11.9 Å². The Hall–Kier alpha value is -7.84. The van der Waals surface area contributed by atoms with Crippen LogP contribution in [-0.4, -0.2) is 149 Å². The number of rotatable bonds is 22. The summed E-state index contributed by atoms with van der Waals surface area (Å²) < 4.78 is 46.4. The van der Waals surface area contributed by atoms with Gasteiger partial charge in [0.25, 0.3) is 11.8 Å². The largest absolute Gasteiger partial charge is 0.481 e. The molecule has 95 heavy (non-hydrogen) atoms. The van der Waals surface area contributed by atoms with Crippen molar-refractivity contribution in [3.8, 4) is 44.8 Å². The summed E-state index contributed by atoms with van der Waals surface area (Å²) in [6.07, 6.45) is 9.26. The molecule has 6 aromatic rings. The predicted molar refractivity (Wildman–Crippen MR) is 370 cm³/mol. The molecule has 4 atom stereocenters. The summed E-state index contributed by atoms with van der Waals surface area (Å²) in [4.78, 5) is 64.3. The van der Waals surface area contributed by atoms with Crippen LogP contribution in [-0.2, 0) is 49.5 Å². The van der Waals surface area contributed by atoms with Crippen LogP contribution in [0.4, 0.5) is 8.78 Å². The molecule has 0 radical (unpaired) electrons. The molecule has 2 amide bonds. The Kier molecular flexibility index (Phi) is 24.8. The van der Waals surface area contributed by atoms with Crippen LogP contribution in [0.15, 0.2) is 97.1 Å². The second kappa shape index (κ2) is 32.3. The van der Waals surface area contributed by atoms with Crippen molar-refractivity contribution in [1.82, 2.24) is 30.4 Å². The van der Waals surface area contributed by atoms with E-state index in [9.17, 15) is 38.2 Å². The van der Waals surface area contributed by atoms with Crippen LogP contribution in [0.5, 0.6) is 0 Å². The zero-order valence-electron chi connectivity index (χ0n) is 57.5. The molecule has 5 N–H and O–H groups in total. The maximum Gasteiger partial charge on any atom is 0.308 e. The molecule has 1 fully saturated rings. The number of aromatic nitrogens is 2. The summed E-state index contributed by atoms with van der Waals surface area (Å²) in [5.74, 6) is -3.14. The molecular formula is C77H96F2N6O10. The van der Waals surface area contributed by atoms with E-state index in [1.807, 2.05) is 141 Å². The van der Waals surface area contributed by atoms with Crippen molar-refractivity contribution in [3.63, 3.8) is 0 Å². The fourth-order valence-electron chi connectivity index (χ4n) is 12.6. The maximum absolute atomic E-state index is 14.3. The van der Waals surface area contributed by atoms with Crippen molar-refractivity contribution in [3.05, 3.63) is 165 Å². The molecule has 4 aromatic carbocycles. The summed E-state index contributed by atoms with van der Waals surface area (Å²) in [6, 6.07) is 24.7. The number of halogens is 2. The molecule has 3 heterocycles. The van der Waals surface area contributed by atoms with Crippen LogP contribution in [0.1, 0.15) is 178 Å². The topological polar surface area (TPSA) is 213 Å². The Balaban J connectivity index is 0.000000246. The van der Waals surface area contributed by atoms with Gasteiger partial charge in [-0.2, -0.15) is 0 Å². The highest BCUT2D eigenvalue weighted by molar-refractivity contribution is 5.97. The number of aliphatic carboxylic acids is 1. The van der Waals surface area contributed by atoms with Gasteiger partial charge in [0.1, 0.15) is 17.2 Å². The Labute approximate surface area is 559 Å². The number of esters is 1. The van der Waals surface area contributed by atoms with Gasteiger partial charge in [0.05, 0.1) is 60.0 Å². The summed E-state index contributed by atoms with van der Waals surface area (Å²) in [5, 5.41) is 35.7. The number of pyridine rings is 2. The minimum atomic E-state index is -1.19. The molecule has 3 aliphatic rings. The molecule has 18 heteroatoms. The summed E-state index contributed by atoms with van der Waals surface area (Å²) in [7, 11) is 7.88. The van der Waals surface area contributed by atoms with Gasteiger partial charge in [-0.25, -0.2) is 8.78 Å². The lowest BCUT2D eigenvalue weighted by Crippen LogP contribution is -2.45. The highest BCUT2D eigenvalue weighted by atomic mass is 19.1. The predicted octanol–water partition coefficient (Wildman–Crippen LogP) is 13.2. The average molecular weight is 1300 g/mol. The van der Waals surface area contributed by atoms with Crippen molar-refractivity contribution >= 4 is 35.9 Å². The molecule has 508 valence electrons. The first-order chi connectivity index (χ1) is 44.9. The number of nitrogens with zero attached hydrogens (tertiary/aromatic N) is 4. The molecule has 1 aliphatic heterocycles. The zero-order chi connectivity index (χ0) is 69.1. The van der Waals surface area contributed by atoms with Gasteiger partial charge in [-0.3, -0.25) is 29.1 Å². The number of hydrogen-bond donors (Lipinski definition) is 5. The number of likely N-dealkylation sites (N-methyl/N-ethyl adjacent to an activating group) is 2. The standard InChI is InChI=1S/C42H54FN3O5.C35H42FN3O5/c1-26(2)38-35(20-18-31-24-32(50-42(6,7)49-31)25-36(47)51-41(3,4)5)37(27-13-16-30(43)17-14-27)34-12-10-11-28-23-29(15-19-33(28)39(34)45-38)40(48)44-21-22-46(8)9;1-21(2)33-30(15-13-26(40)19-27(41)20-31(42)43)32(22-8-11-25(36)12-9-22)29-7-5-6-23-18-24(10-14-28(23)34(29)38-33)35(44)37-16-17-39(3)4/h13-20,23,26,31-32H,10-12,21-22,24-25H2,1-9H3,(H,44,48);8-15,18,21,26-27,40-41H,5-7,16-17,19-20H2,1-4H3,(H,37,44)(H,42,43)/b20-18+;15-13+/t31-,32-;26-,27-/m11/s1. The van der Waals surface area contributed by atoms with Gasteiger partial charge in [-0.05, 0) is 206 Å². The second-order valence-corrected chi connectivity index (χ2v) is 27.7. The summed E-state index contributed by atoms with van der Waals surface area (Å²) >= 11 is 0. The van der Waals surface area contributed by atoms with E-state index < -0.39 is 36.0 Å². The molecule has 2 aliphatic carbocycles. The monoisotopic (exact) mass is 1300 g/mol. The van der Waals surface area contributed by atoms with Gasteiger partial charge < -0.3 is 50.0 Å². The van der Waals surface area contributed by atoms with Crippen molar-refractivity contribution in [2.75, 3.05) is 54.4 Å². The third-order valence-corrected chi connectivity index (χ3v) is 16.9. The number of carboxylic acid groups (broad SMARTS) is 1. The molecule has 0 bridgehead atoms. The SMILES string of the molecule is CC(C)c1nc2c(c(-c3ccc(F)cc3)c1/C=C/[C@@H](O)C[C@@H](O)CC(=O)O)CCCc1cc(C(=O)NCCN(C)C)ccc1-2.CC(C)c1nc2c(c(-c3ccc(F)cc3)c1/C=C/[C@@H]1C[C@H](CC(=O)OC(C)(C)C)OC(C)(C)O1)CCCc1cc(C(=O)NCCN(C)C)ccc1-2. The van der Waals surface area contributed by atoms with Crippen molar-refractivity contribution < 1.29 is 57.5 Å². The van der Waals surface area contributed by atoms with E-state index in [-0.39, 0.29) is 66.3 Å². The Morgan fingerprint density at radius 2 is 1.15 bits per heavy atom. The highest BCUT2D eigenvalue weighted by Crippen LogP contribution is 2.45. The average Bonchev–Trinajstić information content (AvgIpc) is 1.75. The molecule has 0 saturated carbocycles. The lowest BCUT2D eigenvalue weighted by molar-refractivity contribution is -0.290. The van der Waals surface area contributed by atoms with Crippen LogP contribution in [0, 0.1) is 11.6 Å². The van der Waals surface area contributed by atoms with Crippen LogP contribution in [0.2, 0.25) is 0 Å². The normalized spacial score (nSPS) is 16.7. The first-order valence-electron chi connectivity index (χ1n) is 33.2. The molecule has 9 rings (SSSR count). The van der Waals surface area contributed by atoms with E-state index in [0.717, 1.165) is 135 Å². The number of aryl methyl sites for hydroxylation is 2. The third-order valence-electron chi connectivity index (χ3n) is 16.9. The Morgan fingerprint density at radius 1 is 0.684 bits per heavy atom. The maximum atomic E-state index is 14.3. The first kappa shape index (κ1) is 73.0. The number of nitrogens with one attached hydrogen (secondary N) is 2. The van der Waals surface area contributed by atoms with Crippen molar-refractivity contribution in [2.24, 2.45) is 0 Å². The van der Waals surface area contributed by atoms with E-state index in [4.69, 9.17) is 29.3 Å². The molecule has 2 aromatic heterocycles. The molecule has 1 saturated heterocycles. The fourth-order valence-corrected chi connectivity index (χ4v) is 12.6. The van der Waals surface area contributed by atoms with Gasteiger partial charge in [0.2, 0.25) is 0 Å². The highest BCUT2D eigenvalue weighted by Gasteiger charge is 2.37. The number of fused-ring (bicyclic) bond motifs is 6. The Bertz CT molecular complexity index is 3760. The molecular weight excluding hydrogens is 1210 g/mol. The van der Waals surface area contributed by atoms with Crippen LogP contribution >= 0.6 is 0 Å². The van der Waals surface area contributed by atoms with Crippen molar-refractivity contribution in [2.45, 2.75) is 174 Å². The number of aliphatic hydroxyl groups is 2. The van der Waals surface area contributed by atoms with E-state index in [1.165, 1.54) is 24.3 Å². The van der Waals surface area contributed by atoms with E-state index in [1.54, 1.807) is 24.3 Å². The van der Waals surface area contributed by atoms with Gasteiger partial charge in [-0.1, -0.05) is 88.4 Å².